The molecule has 0 atom stereocenters. The molecule has 3 rings (SSSR count). The van der Waals surface area contributed by atoms with Gasteiger partial charge in [-0.1, -0.05) is 22.9 Å². The molecule has 2 aromatic rings. The zero-order chi connectivity index (χ0) is 17.5. The van der Waals surface area contributed by atoms with Crippen LogP contribution in [0.4, 0.5) is 5.69 Å². The fraction of sp³-hybridized carbons (Fsp3) is 0.550. The molecule has 1 aromatic heterocycles. The highest BCUT2D eigenvalue weighted by molar-refractivity contribution is 5.47. The van der Waals surface area contributed by atoms with Gasteiger partial charge in [-0.15, -0.1) is 0 Å². The van der Waals surface area contributed by atoms with Crippen LogP contribution in [0.3, 0.4) is 0 Å². The molecule has 136 valence electrons. The second-order valence-corrected chi connectivity index (χ2v) is 6.81. The first-order valence-electron chi connectivity index (χ1n) is 9.24. The summed E-state index contributed by atoms with van der Waals surface area (Å²) in [6.45, 7) is 11.1. The number of ether oxygens (including phenoxy) is 1. The van der Waals surface area contributed by atoms with Crippen LogP contribution < -0.4 is 4.90 Å². The van der Waals surface area contributed by atoms with E-state index in [0.29, 0.717) is 0 Å². The SMILES string of the molecule is Cc1ccc(N2CCN(CCOCCCc3cc(C)on3)CC2)cc1. The lowest BCUT2D eigenvalue weighted by atomic mass is 10.2. The predicted octanol–water partition coefficient (Wildman–Crippen LogP) is 3.06. The second-order valence-electron chi connectivity index (χ2n) is 6.81. The number of hydrogen-bond acceptors (Lipinski definition) is 5. The first-order valence-corrected chi connectivity index (χ1v) is 9.24. The van der Waals surface area contributed by atoms with E-state index in [1.165, 1.54) is 11.3 Å². The largest absolute Gasteiger partial charge is 0.380 e. The van der Waals surface area contributed by atoms with E-state index >= 15 is 0 Å². The van der Waals surface area contributed by atoms with Crippen molar-refractivity contribution in [1.82, 2.24) is 10.1 Å². The second kappa shape index (κ2) is 9.02. The van der Waals surface area contributed by atoms with E-state index in [9.17, 15) is 0 Å². The van der Waals surface area contributed by atoms with Gasteiger partial charge in [-0.3, -0.25) is 4.90 Å². The molecule has 0 unspecified atom stereocenters. The van der Waals surface area contributed by atoms with Gasteiger partial charge < -0.3 is 14.2 Å². The summed E-state index contributed by atoms with van der Waals surface area (Å²) < 4.78 is 10.8. The third-order valence-corrected chi connectivity index (χ3v) is 4.72. The van der Waals surface area contributed by atoms with Gasteiger partial charge in [0.05, 0.1) is 12.3 Å². The van der Waals surface area contributed by atoms with Crippen LogP contribution in [0.1, 0.15) is 23.4 Å². The molecule has 0 aliphatic carbocycles. The van der Waals surface area contributed by atoms with Gasteiger partial charge in [0.1, 0.15) is 5.76 Å². The Hall–Kier alpha value is -1.85. The summed E-state index contributed by atoms with van der Waals surface area (Å²) in [7, 11) is 0. The van der Waals surface area contributed by atoms with Crippen LogP contribution in [-0.4, -0.2) is 56.0 Å². The number of piperazine rings is 1. The molecule has 1 aromatic carbocycles. The zero-order valence-corrected chi connectivity index (χ0v) is 15.4. The molecule has 0 bridgehead atoms. The highest BCUT2D eigenvalue weighted by Crippen LogP contribution is 2.17. The van der Waals surface area contributed by atoms with E-state index in [0.717, 1.165) is 70.2 Å². The van der Waals surface area contributed by atoms with Gasteiger partial charge in [0.2, 0.25) is 0 Å². The lowest BCUT2D eigenvalue weighted by Crippen LogP contribution is -2.47. The predicted molar refractivity (Wildman–Crippen MR) is 100 cm³/mol. The third kappa shape index (κ3) is 5.58. The molecule has 25 heavy (non-hydrogen) atoms. The van der Waals surface area contributed by atoms with E-state index in [1.54, 1.807) is 0 Å². The van der Waals surface area contributed by atoms with Gasteiger partial charge in [-0.25, -0.2) is 0 Å². The van der Waals surface area contributed by atoms with Crippen LogP contribution in [0.15, 0.2) is 34.9 Å². The Morgan fingerprint density at radius 1 is 1.04 bits per heavy atom. The van der Waals surface area contributed by atoms with Crippen LogP contribution in [0.25, 0.3) is 0 Å². The highest BCUT2D eigenvalue weighted by atomic mass is 16.5. The smallest absolute Gasteiger partial charge is 0.133 e. The van der Waals surface area contributed by atoms with Gasteiger partial charge in [0, 0.05) is 51.1 Å². The summed E-state index contributed by atoms with van der Waals surface area (Å²) >= 11 is 0. The molecule has 5 heteroatoms. The minimum absolute atomic E-state index is 0.787. The fourth-order valence-corrected chi connectivity index (χ4v) is 3.17. The molecule has 0 saturated carbocycles. The number of aryl methyl sites for hydroxylation is 3. The van der Waals surface area contributed by atoms with Crippen molar-refractivity contribution in [2.75, 3.05) is 50.8 Å². The van der Waals surface area contributed by atoms with Crippen molar-refractivity contribution in [1.29, 1.82) is 0 Å². The zero-order valence-electron chi connectivity index (χ0n) is 15.4. The van der Waals surface area contributed by atoms with E-state index in [4.69, 9.17) is 9.26 Å². The van der Waals surface area contributed by atoms with Crippen LogP contribution in [0.2, 0.25) is 0 Å². The minimum Gasteiger partial charge on any atom is -0.380 e. The van der Waals surface area contributed by atoms with Crippen molar-refractivity contribution >= 4 is 5.69 Å². The van der Waals surface area contributed by atoms with Crippen molar-refractivity contribution in [3.63, 3.8) is 0 Å². The number of hydrogen-bond donors (Lipinski definition) is 0. The van der Waals surface area contributed by atoms with Crippen LogP contribution >= 0.6 is 0 Å². The number of aromatic nitrogens is 1. The monoisotopic (exact) mass is 343 g/mol. The molecule has 1 saturated heterocycles. The van der Waals surface area contributed by atoms with Crippen LogP contribution in [0, 0.1) is 13.8 Å². The molecule has 0 spiro atoms. The quantitative estimate of drug-likeness (QED) is 0.689. The van der Waals surface area contributed by atoms with Gasteiger partial charge in [0.25, 0.3) is 0 Å². The van der Waals surface area contributed by atoms with Crippen molar-refractivity contribution < 1.29 is 9.26 Å². The fourth-order valence-electron chi connectivity index (χ4n) is 3.17. The molecule has 1 fully saturated rings. The number of anilines is 1. The van der Waals surface area contributed by atoms with Crippen LogP contribution in [-0.2, 0) is 11.2 Å². The van der Waals surface area contributed by atoms with Crippen molar-refractivity contribution in [3.05, 3.63) is 47.3 Å². The van der Waals surface area contributed by atoms with Crippen molar-refractivity contribution in [2.24, 2.45) is 0 Å². The van der Waals surface area contributed by atoms with Gasteiger partial charge in [-0.2, -0.15) is 0 Å². The van der Waals surface area contributed by atoms with Gasteiger partial charge in [-0.05, 0) is 38.8 Å². The lowest BCUT2D eigenvalue weighted by Gasteiger charge is -2.36. The normalized spacial score (nSPS) is 15.7. The molecule has 1 aliphatic heterocycles. The maximum atomic E-state index is 5.78. The van der Waals surface area contributed by atoms with Crippen LogP contribution in [0.5, 0.6) is 0 Å². The highest BCUT2D eigenvalue weighted by Gasteiger charge is 2.16. The number of benzene rings is 1. The number of nitrogens with zero attached hydrogens (tertiary/aromatic N) is 3. The Bertz CT molecular complexity index is 631. The van der Waals surface area contributed by atoms with Gasteiger partial charge >= 0.3 is 0 Å². The first kappa shape index (κ1) is 18.0. The first-order chi connectivity index (χ1) is 12.2. The summed E-state index contributed by atoms with van der Waals surface area (Å²) in [5, 5.41) is 4.00. The summed E-state index contributed by atoms with van der Waals surface area (Å²) in [6.07, 6.45) is 1.92. The third-order valence-electron chi connectivity index (χ3n) is 4.72. The molecule has 1 aliphatic rings. The standard InChI is InChI=1S/C20H29N3O2/c1-17-5-7-20(8-6-17)23-11-9-22(10-12-23)13-15-24-14-3-4-19-16-18(2)25-21-19/h5-8,16H,3-4,9-15H2,1-2H3. The maximum Gasteiger partial charge on any atom is 0.133 e. The molecule has 2 heterocycles. The van der Waals surface area contributed by atoms with Crippen molar-refractivity contribution in [3.8, 4) is 0 Å². The van der Waals surface area contributed by atoms with E-state index < -0.39 is 0 Å². The molecule has 5 nitrogen and oxygen atoms in total. The van der Waals surface area contributed by atoms with E-state index in [-0.39, 0.29) is 0 Å². The average molecular weight is 343 g/mol. The lowest BCUT2D eigenvalue weighted by molar-refractivity contribution is 0.0997. The Morgan fingerprint density at radius 2 is 1.80 bits per heavy atom. The summed E-state index contributed by atoms with van der Waals surface area (Å²) in [6, 6.07) is 10.8. The Labute approximate surface area is 150 Å². The average Bonchev–Trinajstić information content (AvgIpc) is 3.04. The number of rotatable bonds is 8. The van der Waals surface area contributed by atoms with Crippen molar-refractivity contribution in [2.45, 2.75) is 26.7 Å². The molecular formula is C20H29N3O2. The van der Waals surface area contributed by atoms with Gasteiger partial charge in [0.15, 0.2) is 0 Å². The topological polar surface area (TPSA) is 41.7 Å². The minimum atomic E-state index is 0.787. The Balaban J connectivity index is 1.26. The maximum absolute atomic E-state index is 5.78. The molecule has 0 N–H and O–H groups in total. The summed E-state index contributed by atoms with van der Waals surface area (Å²) in [5.41, 5.74) is 3.68. The Morgan fingerprint density at radius 3 is 2.48 bits per heavy atom. The summed E-state index contributed by atoms with van der Waals surface area (Å²) in [4.78, 5) is 4.96. The molecule has 0 amide bonds. The Kier molecular flexibility index (Phi) is 6.48. The van der Waals surface area contributed by atoms with E-state index in [2.05, 4.69) is 46.1 Å². The molecular weight excluding hydrogens is 314 g/mol. The molecule has 0 radical (unpaired) electrons. The summed E-state index contributed by atoms with van der Waals surface area (Å²) in [5.74, 6) is 0.876. The van der Waals surface area contributed by atoms with E-state index in [1.807, 2.05) is 13.0 Å².